The van der Waals surface area contributed by atoms with E-state index >= 15 is 0 Å². The van der Waals surface area contributed by atoms with E-state index in [-0.39, 0.29) is 0 Å². The van der Waals surface area contributed by atoms with Crippen molar-refractivity contribution in [2.24, 2.45) is 0 Å². The highest BCUT2D eigenvalue weighted by molar-refractivity contribution is 7.80. The zero-order chi connectivity index (χ0) is 9.47. The highest BCUT2D eigenvalue weighted by Crippen LogP contribution is 2.28. The molecule has 0 saturated heterocycles. The molecule has 0 saturated carbocycles. The van der Waals surface area contributed by atoms with E-state index in [2.05, 4.69) is 0 Å². The highest BCUT2D eigenvalue weighted by Gasteiger charge is 2.20. The summed E-state index contributed by atoms with van der Waals surface area (Å²) in [5.41, 5.74) is 0.0350. The molecule has 0 aromatic heterocycles. The monoisotopic (exact) mass is 174 g/mol. The van der Waals surface area contributed by atoms with Crippen molar-refractivity contribution >= 4 is 11.1 Å². The molecule has 1 heterocycles. The normalized spacial score (nSPS) is 39.1. The SMILES string of the molecule is [2H]C1([2H])C2=C(CCCC2)COS1=O. The molecule has 0 bridgehead atoms. The first kappa shape index (κ1) is 5.49. The fourth-order valence-corrected chi connectivity index (χ4v) is 2.26. The molecule has 1 atom stereocenters. The summed E-state index contributed by atoms with van der Waals surface area (Å²) < 4.78 is 31.4. The molecule has 1 aliphatic carbocycles. The molecule has 1 aliphatic heterocycles. The average molecular weight is 174 g/mol. The van der Waals surface area contributed by atoms with E-state index in [0.717, 1.165) is 36.8 Å². The van der Waals surface area contributed by atoms with Crippen molar-refractivity contribution in [1.82, 2.24) is 0 Å². The van der Waals surface area contributed by atoms with E-state index in [1.54, 1.807) is 0 Å². The Morgan fingerprint density at radius 1 is 1.36 bits per heavy atom. The fourth-order valence-electron chi connectivity index (χ4n) is 1.51. The second-order valence-corrected chi connectivity index (χ2v) is 3.80. The molecule has 0 N–H and O–H groups in total. The minimum absolute atomic E-state index is 0.363. The standard InChI is InChI=1S/C8H12O2S/c9-11-6-8-4-2-1-3-7(8)5-10-11/h1-6H2/i6D2. The minimum atomic E-state index is -1.79. The zero-order valence-electron chi connectivity index (χ0n) is 8.26. The van der Waals surface area contributed by atoms with Crippen LogP contribution in [0.25, 0.3) is 0 Å². The Kier molecular flexibility index (Phi) is 1.53. The Labute approximate surface area is 72.1 Å². The van der Waals surface area contributed by atoms with Gasteiger partial charge in [0.25, 0.3) is 0 Å². The summed E-state index contributed by atoms with van der Waals surface area (Å²) in [5.74, 6) is 0. The van der Waals surface area contributed by atoms with Gasteiger partial charge in [-0.1, -0.05) is 5.57 Å². The van der Waals surface area contributed by atoms with Crippen molar-refractivity contribution < 1.29 is 11.1 Å². The van der Waals surface area contributed by atoms with Gasteiger partial charge in [0.2, 0.25) is 0 Å². The number of rotatable bonds is 0. The lowest BCUT2D eigenvalue weighted by Gasteiger charge is -2.23. The van der Waals surface area contributed by atoms with Gasteiger partial charge in [0, 0.05) is 2.74 Å². The van der Waals surface area contributed by atoms with Gasteiger partial charge >= 0.3 is 0 Å². The van der Waals surface area contributed by atoms with Crippen LogP contribution in [-0.2, 0) is 15.3 Å². The first-order valence-corrected chi connectivity index (χ1v) is 4.96. The quantitative estimate of drug-likeness (QED) is 0.521. The predicted molar refractivity (Wildman–Crippen MR) is 44.5 cm³/mol. The van der Waals surface area contributed by atoms with Crippen LogP contribution in [0.2, 0.25) is 0 Å². The van der Waals surface area contributed by atoms with E-state index in [0.29, 0.717) is 6.61 Å². The molecule has 0 amide bonds. The van der Waals surface area contributed by atoms with Crippen LogP contribution in [0.15, 0.2) is 11.1 Å². The summed E-state index contributed by atoms with van der Waals surface area (Å²) in [7, 11) is 0. The van der Waals surface area contributed by atoms with Gasteiger partial charge in [-0.25, -0.2) is 4.21 Å². The van der Waals surface area contributed by atoms with Crippen LogP contribution in [0.5, 0.6) is 0 Å². The summed E-state index contributed by atoms with van der Waals surface area (Å²) >= 11 is -1.79. The number of hydrogen-bond donors (Lipinski definition) is 0. The maximum Gasteiger partial charge on any atom is 0.159 e. The van der Waals surface area contributed by atoms with Gasteiger partial charge in [-0.2, -0.15) is 0 Å². The second-order valence-electron chi connectivity index (χ2n) is 2.89. The van der Waals surface area contributed by atoms with Crippen molar-refractivity contribution in [3.8, 4) is 0 Å². The molecular weight excluding hydrogens is 160 g/mol. The first-order valence-electron chi connectivity index (χ1n) is 4.89. The molecule has 2 rings (SSSR count). The van der Waals surface area contributed by atoms with Crippen molar-refractivity contribution in [2.75, 3.05) is 12.3 Å². The zero-order valence-corrected chi connectivity index (χ0v) is 7.08. The largest absolute Gasteiger partial charge is 0.286 e. The van der Waals surface area contributed by atoms with E-state index < -0.39 is 16.8 Å². The van der Waals surface area contributed by atoms with Gasteiger partial charge in [0.15, 0.2) is 11.1 Å². The van der Waals surface area contributed by atoms with Crippen LogP contribution in [-0.4, -0.2) is 16.5 Å². The molecule has 0 aromatic rings. The second kappa shape index (κ2) is 3.07. The molecule has 3 heteroatoms. The average Bonchev–Trinajstić information content (AvgIpc) is 2.13. The lowest BCUT2D eigenvalue weighted by molar-refractivity contribution is 0.362. The summed E-state index contributed by atoms with van der Waals surface area (Å²) in [5, 5.41) is 0. The van der Waals surface area contributed by atoms with Crippen LogP contribution < -0.4 is 0 Å². The molecule has 2 nitrogen and oxygen atoms in total. The molecule has 0 radical (unpaired) electrons. The fraction of sp³-hybridized carbons (Fsp3) is 0.750. The summed E-state index contributed by atoms with van der Waals surface area (Å²) in [6.45, 7) is 0.363. The molecule has 0 fully saturated rings. The van der Waals surface area contributed by atoms with Crippen LogP contribution in [0.3, 0.4) is 0 Å². The predicted octanol–water partition coefficient (Wildman–Crippen LogP) is 1.55. The van der Waals surface area contributed by atoms with Gasteiger partial charge in [-0.3, -0.25) is 4.18 Å². The van der Waals surface area contributed by atoms with Gasteiger partial charge < -0.3 is 0 Å². The number of hydrogen-bond acceptors (Lipinski definition) is 2. The Morgan fingerprint density at radius 2 is 2.09 bits per heavy atom. The smallest absolute Gasteiger partial charge is 0.159 e. The highest BCUT2D eigenvalue weighted by atomic mass is 32.2. The van der Waals surface area contributed by atoms with Crippen molar-refractivity contribution in [1.29, 1.82) is 0 Å². The van der Waals surface area contributed by atoms with E-state index in [9.17, 15) is 4.21 Å². The molecule has 0 aromatic carbocycles. The lowest BCUT2D eigenvalue weighted by atomic mass is 9.93. The first-order chi connectivity index (χ1) is 6.12. The molecule has 1 unspecified atom stereocenters. The Morgan fingerprint density at radius 3 is 2.91 bits per heavy atom. The van der Waals surface area contributed by atoms with Crippen molar-refractivity contribution in [3.05, 3.63) is 11.1 Å². The summed E-state index contributed by atoms with van der Waals surface area (Å²) in [6.07, 6.45) is 3.77. The van der Waals surface area contributed by atoms with E-state index in [4.69, 9.17) is 6.92 Å². The van der Waals surface area contributed by atoms with Crippen LogP contribution in [0.1, 0.15) is 28.4 Å². The lowest BCUT2D eigenvalue weighted by Crippen LogP contribution is -2.19. The topological polar surface area (TPSA) is 26.3 Å². The maximum absolute atomic E-state index is 11.3. The molecular formula is C8H12O2S. The van der Waals surface area contributed by atoms with Crippen molar-refractivity contribution in [2.45, 2.75) is 25.7 Å². The summed E-state index contributed by atoms with van der Waals surface area (Å²) in [6, 6.07) is 0. The molecule has 11 heavy (non-hydrogen) atoms. The van der Waals surface area contributed by atoms with Gasteiger partial charge in [-0.15, -0.1) is 0 Å². The molecule has 2 aliphatic rings. The van der Waals surface area contributed by atoms with E-state index in [1.807, 2.05) is 0 Å². The third-order valence-electron chi connectivity index (χ3n) is 2.13. The van der Waals surface area contributed by atoms with E-state index in [1.165, 1.54) is 0 Å². The van der Waals surface area contributed by atoms with Crippen LogP contribution in [0.4, 0.5) is 0 Å². The molecule has 62 valence electrons. The van der Waals surface area contributed by atoms with Crippen LogP contribution in [0, 0.1) is 0 Å². The summed E-state index contributed by atoms with van der Waals surface area (Å²) in [4.78, 5) is 0. The molecule has 0 spiro atoms. The van der Waals surface area contributed by atoms with Crippen LogP contribution >= 0.6 is 0 Å². The van der Waals surface area contributed by atoms with Gasteiger partial charge in [-0.05, 0) is 31.3 Å². The van der Waals surface area contributed by atoms with Gasteiger partial charge in [0.1, 0.15) is 0 Å². The Bertz CT molecular complexity index is 286. The van der Waals surface area contributed by atoms with Crippen molar-refractivity contribution in [3.63, 3.8) is 0 Å². The Hall–Kier alpha value is -0.150. The third kappa shape index (κ3) is 1.54. The Balaban J connectivity index is 2.39. The minimum Gasteiger partial charge on any atom is -0.286 e. The third-order valence-corrected chi connectivity index (χ3v) is 2.87. The maximum atomic E-state index is 11.3. The van der Waals surface area contributed by atoms with Gasteiger partial charge in [0.05, 0.1) is 12.3 Å².